The third kappa shape index (κ3) is 3.47. The summed E-state index contributed by atoms with van der Waals surface area (Å²) >= 11 is 0. The van der Waals surface area contributed by atoms with E-state index in [4.69, 9.17) is 0 Å². The monoisotopic (exact) mass is 252 g/mol. The van der Waals surface area contributed by atoms with Gasteiger partial charge >= 0.3 is 0 Å². The minimum Gasteiger partial charge on any atom is -0.342 e. The fraction of sp³-hybridized carbons (Fsp3) is 0.933. The number of carbonyl (C=O) groups excluding carboxylic acids is 1. The highest BCUT2D eigenvalue weighted by Crippen LogP contribution is 2.22. The first-order valence-corrected chi connectivity index (χ1v) is 7.71. The van der Waals surface area contributed by atoms with Crippen LogP contribution in [0.15, 0.2) is 0 Å². The zero-order chi connectivity index (χ0) is 13.0. The Morgan fingerprint density at radius 1 is 1.00 bits per heavy atom. The number of hydrogen-bond acceptors (Lipinski definition) is 2. The molecule has 2 saturated heterocycles. The molecule has 0 aromatic rings. The Morgan fingerprint density at radius 2 is 1.67 bits per heavy atom. The molecule has 2 heterocycles. The molecule has 0 radical (unpaired) electrons. The van der Waals surface area contributed by atoms with Crippen molar-refractivity contribution in [3.8, 4) is 0 Å². The standard InChI is InChI=1S/C15H28N2O/c1-13(2)17-11-7-8-14(12-17)15(18)16-9-5-3-4-6-10-16/h13-14H,3-12H2,1-2H3/t14-/m0/s1. The number of likely N-dealkylation sites (tertiary alicyclic amines) is 2. The van der Waals surface area contributed by atoms with E-state index in [0.29, 0.717) is 11.9 Å². The molecule has 0 bridgehead atoms. The largest absolute Gasteiger partial charge is 0.342 e. The van der Waals surface area contributed by atoms with Crippen molar-refractivity contribution >= 4 is 5.91 Å². The Bertz CT molecular complexity index is 270. The molecule has 2 aliphatic rings. The predicted molar refractivity (Wildman–Crippen MR) is 74.5 cm³/mol. The molecule has 0 spiro atoms. The Labute approximate surface area is 112 Å². The third-order valence-corrected chi connectivity index (χ3v) is 4.45. The molecular weight excluding hydrogens is 224 g/mol. The second-order valence-electron chi connectivity index (χ2n) is 6.17. The first-order chi connectivity index (χ1) is 8.68. The van der Waals surface area contributed by atoms with Crippen molar-refractivity contribution < 1.29 is 4.79 Å². The van der Waals surface area contributed by atoms with Gasteiger partial charge in [-0.2, -0.15) is 0 Å². The minimum atomic E-state index is 0.263. The second-order valence-corrected chi connectivity index (χ2v) is 6.17. The van der Waals surface area contributed by atoms with Crippen LogP contribution in [0.5, 0.6) is 0 Å². The Hall–Kier alpha value is -0.570. The molecule has 0 saturated carbocycles. The molecule has 0 aliphatic carbocycles. The average Bonchev–Trinajstić information content (AvgIpc) is 2.67. The first-order valence-electron chi connectivity index (χ1n) is 7.71. The number of amides is 1. The summed E-state index contributed by atoms with van der Waals surface area (Å²) in [7, 11) is 0. The molecule has 0 aromatic heterocycles. The zero-order valence-corrected chi connectivity index (χ0v) is 12.0. The van der Waals surface area contributed by atoms with E-state index in [0.717, 1.165) is 26.1 Å². The molecule has 0 N–H and O–H groups in total. The quantitative estimate of drug-likeness (QED) is 0.754. The Morgan fingerprint density at radius 3 is 2.28 bits per heavy atom. The molecule has 1 atom stereocenters. The lowest BCUT2D eigenvalue weighted by molar-refractivity contribution is -0.137. The smallest absolute Gasteiger partial charge is 0.226 e. The van der Waals surface area contributed by atoms with Gasteiger partial charge in [0.25, 0.3) is 0 Å². The van der Waals surface area contributed by atoms with Crippen LogP contribution < -0.4 is 0 Å². The molecule has 1 amide bonds. The molecule has 18 heavy (non-hydrogen) atoms. The van der Waals surface area contributed by atoms with Crippen molar-refractivity contribution in [2.24, 2.45) is 5.92 Å². The first kappa shape index (κ1) is 13.9. The maximum atomic E-state index is 12.6. The van der Waals surface area contributed by atoms with Crippen LogP contribution in [0.25, 0.3) is 0 Å². The Balaban J connectivity index is 1.90. The summed E-state index contributed by atoms with van der Waals surface area (Å²) in [6, 6.07) is 0.574. The summed E-state index contributed by atoms with van der Waals surface area (Å²) in [4.78, 5) is 17.2. The Kier molecular flexibility index (Phi) is 5.04. The van der Waals surface area contributed by atoms with Crippen LogP contribution in [0.2, 0.25) is 0 Å². The van der Waals surface area contributed by atoms with E-state index in [1.165, 1.54) is 38.6 Å². The van der Waals surface area contributed by atoms with Gasteiger partial charge in [0.2, 0.25) is 5.91 Å². The summed E-state index contributed by atoms with van der Waals surface area (Å²) in [5, 5.41) is 0. The van der Waals surface area contributed by atoms with Gasteiger partial charge in [-0.25, -0.2) is 0 Å². The fourth-order valence-corrected chi connectivity index (χ4v) is 3.23. The topological polar surface area (TPSA) is 23.6 Å². The fourth-order valence-electron chi connectivity index (χ4n) is 3.23. The van der Waals surface area contributed by atoms with E-state index in [1.807, 2.05) is 0 Å². The molecule has 2 aliphatic heterocycles. The van der Waals surface area contributed by atoms with Crippen LogP contribution in [-0.4, -0.2) is 47.9 Å². The van der Waals surface area contributed by atoms with Crippen molar-refractivity contribution in [3.05, 3.63) is 0 Å². The van der Waals surface area contributed by atoms with Crippen molar-refractivity contribution in [1.82, 2.24) is 9.80 Å². The molecule has 3 heteroatoms. The van der Waals surface area contributed by atoms with Crippen molar-refractivity contribution in [3.63, 3.8) is 0 Å². The second kappa shape index (κ2) is 6.55. The van der Waals surface area contributed by atoms with Gasteiger partial charge in [-0.15, -0.1) is 0 Å². The van der Waals surface area contributed by atoms with Crippen LogP contribution in [0.3, 0.4) is 0 Å². The van der Waals surface area contributed by atoms with Gasteiger partial charge in [0.1, 0.15) is 0 Å². The summed E-state index contributed by atoms with van der Waals surface area (Å²) < 4.78 is 0. The average molecular weight is 252 g/mol. The van der Waals surface area contributed by atoms with Crippen LogP contribution in [-0.2, 0) is 4.79 Å². The maximum Gasteiger partial charge on any atom is 0.226 e. The highest BCUT2D eigenvalue weighted by atomic mass is 16.2. The predicted octanol–water partition coefficient (Wildman–Crippen LogP) is 2.51. The number of piperidine rings is 1. The number of rotatable bonds is 2. The van der Waals surface area contributed by atoms with Gasteiger partial charge in [-0.05, 0) is 46.1 Å². The summed E-state index contributed by atoms with van der Waals surface area (Å²) in [6.07, 6.45) is 7.28. The van der Waals surface area contributed by atoms with E-state index >= 15 is 0 Å². The molecule has 2 rings (SSSR count). The van der Waals surface area contributed by atoms with Gasteiger partial charge < -0.3 is 9.80 Å². The SMILES string of the molecule is CC(C)N1CCC[C@H](C(=O)N2CCCCCC2)C1. The van der Waals surface area contributed by atoms with E-state index in [-0.39, 0.29) is 5.92 Å². The minimum absolute atomic E-state index is 0.263. The van der Waals surface area contributed by atoms with Gasteiger partial charge in [0.05, 0.1) is 5.92 Å². The van der Waals surface area contributed by atoms with E-state index in [1.54, 1.807) is 0 Å². The molecule has 0 unspecified atom stereocenters. The molecule has 3 nitrogen and oxygen atoms in total. The lowest BCUT2D eigenvalue weighted by Crippen LogP contribution is -2.47. The lowest BCUT2D eigenvalue weighted by atomic mass is 9.95. The third-order valence-electron chi connectivity index (χ3n) is 4.45. The number of nitrogens with zero attached hydrogens (tertiary/aromatic N) is 2. The molecule has 0 aromatic carbocycles. The van der Waals surface area contributed by atoms with E-state index in [9.17, 15) is 4.79 Å². The van der Waals surface area contributed by atoms with Gasteiger partial charge in [0, 0.05) is 25.7 Å². The number of hydrogen-bond donors (Lipinski definition) is 0. The van der Waals surface area contributed by atoms with E-state index in [2.05, 4.69) is 23.6 Å². The normalized spacial score (nSPS) is 27.3. The summed E-state index contributed by atoms with van der Waals surface area (Å²) in [6.45, 7) is 8.61. The highest BCUT2D eigenvalue weighted by molar-refractivity contribution is 5.79. The lowest BCUT2D eigenvalue weighted by Gasteiger charge is -2.36. The zero-order valence-electron chi connectivity index (χ0n) is 12.0. The molecule has 2 fully saturated rings. The van der Waals surface area contributed by atoms with E-state index < -0.39 is 0 Å². The van der Waals surface area contributed by atoms with Crippen molar-refractivity contribution in [2.45, 2.75) is 58.4 Å². The van der Waals surface area contributed by atoms with Gasteiger partial charge in [-0.1, -0.05) is 12.8 Å². The van der Waals surface area contributed by atoms with Crippen LogP contribution in [0, 0.1) is 5.92 Å². The number of carbonyl (C=O) groups is 1. The maximum absolute atomic E-state index is 12.6. The van der Waals surface area contributed by atoms with Crippen LogP contribution in [0.4, 0.5) is 0 Å². The van der Waals surface area contributed by atoms with Crippen LogP contribution >= 0.6 is 0 Å². The van der Waals surface area contributed by atoms with Crippen molar-refractivity contribution in [1.29, 1.82) is 0 Å². The highest BCUT2D eigenvalue weighted by Gasteiger charge is 2.30. The van der Waals surface area contributed by atoms with Gasteiger partial charge in [0.15, 0.2) is 0 Å². The summed E-state index contributed by atoms with van der Waals surface area (Å²) in [5.41, 5.74) is 0. The molecule has 104 valence electrons. The summed E-state index contributed by atoms with van der Waals surface area (Å²) in [5.74, 6) is 0.696. The van der Waals surface area contributed by atoms with Gasteiger partial charge in [-0.3, -0.25) is 4.79 Å². The molecular formula is C15H28N2O. The van der Waals surface area contributed by atoms with Crippen molar-refractivity contribution in [2.75, 3.05) is 26.2 Å². The van der Waals surface area contributed by atoms with Crippen LogP contribution in [0.1, 0.15) is 52.4 Å².